The van der Waals surface area contributed by atoms with E-state index in [1.807, 2.05) is 0 Å². The van der Waals surface area contributed by atoms with Gasteiger partial charge in [0.1, 0.15) is 5.54 Å². The number of amides is 2. The molecule has 0 aromatic carbocycles. The lowest BCUT2D eigenvalue weighted by molar-refractivity contribution is -0.138. The van der Waals surface area contributed by atoms with Crippen LogP contribution in [0.15, 0.2) is 4.52 Å². The fourth-order valence-electron chi connectivity index (χ4n) is 3.23. The molecule has 0 atom stereocenters. The minimum absolute atomic E-state index is 0.0249. The summed E-state index contributed by atoms with van der Waals surface area (Å²) in [5.41, 5.74) is -0.666. The molecule has 1 spiro atoms. The van der Waals surface area contributed by atoms with Crippen LogP contribution in [0, 0.1) is 6.92 Å². The maximum Gasteiger partial charge on any atom is 0.248 e. The first-order valence-corrected chi connectivity index (χ1v) is 7.49. The lowest BCUT2D eigenvalue weighted by Gasteiger charge is -2.31. The highest BCUT2D eigenvalue weighted by atomic mass is 16.5. The molecular formula is C14H20N4O3. The number of rotatable bonds is 3. The third kappa shape index (κ3) is 2.77. The molecule has 2 fully saturated rings. The van der Waals surface area contributed by atoms with Gasteiger partial charge in [0.25, 0.3) is 0 Å². The van der Waals surface area contributed by atoms with Gasteiger partial charge in [-0.2, -0.15) is 4.98 Å². The van der Waals surface area contributed by atoms with Crippen LogP contribution in [0.4, 0.5) is 0 Å². The molecule has 7 heteroatoms. The van der Waals surface area contributed by atoms with Crippen LogP contribution < -0.4 is 5.32 Å². The summed E-state index contributed by atoms with van der Waals surface area (Å²) in [6.45, 7) is 2.72. The molecule has 1 aliphatic carbocycles. The zero-order valence-electron chi connectivity index (χ0n) is 12.2. The van der Waals surface area contributed by atoms with Gasteiger partial charge in [-0.05, 0) is 12.8 Å². The van der Waals surface area contributed by atoms with Crippen molar-refractivity contribution in [3.05, 3.63) is 11.7 Å². The van der Waals surface area contributed by atoms with Crippen LogP contribution in [-0.2, 0) is 16.0 Å². The van der Waals surface area contributed by atoms with Gasteiger partial charge in [0.05, 0.1) is 0 Å². The lowest BCUT2D eigenvalue weighted by atomic mass is 9.96. The van der Waals surface area contributed by atoms with E-state index in [0.29, 0.717) is 37.6 Å². The maximum absolute atomic E-state index is 12.8. The quantitative estimate of drug-likeness (QED) is 0.880. The fraction of sp³-hybridized carbons (Fsp3) is 0.714. The predicted octanol–water partition coefficient (Wildman–Crippen LogP) is 0.582. The van der Waals surface area contributed by atoms with Crippen molar-refractivity contribution in [2.24, 2.45) is 0 Å². The van der Waals surface area contributed by atoms with Crippen molar-refractivity contribution in [1.82, 2.24) is 20.4 Å². The van der Waals surface area contributed by atoms with E-state index >= 15 is 0 Å². The Morgan fingerprint density at radius 1 is 1.33 bits per heavy atom. The maximum atomic E-state index is 12.8. The molecule has 1 aliphatic heterocycles. The molecule has 1 N–H and O–H groups in total. The predicted molar refractivity (Wildman–Crippen MR) is 73.3 cm³/mol. The van der Waals surface area contributed by atoms with Gasteiger partial charge in [0.2, 0.25) is 17.7 Å². The Kier molecular flexibility index (Phi) is 3.65. The van der Waals surface area contributed by atoms with Gasteiger partial charge in [-0.15, -0.1) is 0 Å². The molecule has 3 rings (SSSR count). The molecule has 2 amide bonds. The van der Waals surface area contributed by atoms with Crippen molar-refractivity contribution in [3.8, 4) is 0 Å². The fourth-order valence-corrected chi connectivity index (χ4v) is 3.23. The second-order valence-electron chi connectivity index (χ2n) is 5.86. The van der Waals surface area contributed by atoms with Crippen LogP contribution in [0.1, 0.15) is 43.8 Å². The Hall–Kier alpha value is -1.92. The average Bonchev–Trinajstić information content (AvgIpc) is 3.05. The average molecular weight is 292 g/mol. The zero-order valence-corrected chi connectivity index (χ0v) is 12.2. The monoisotopic (exact) mass is 292 g/mol. The number of nitrogens with zero attached hydrogens (tertiary/aromatic N) is 3. The van der Waals surface area contributed by atoms with Crippen molar-refractivity contribution in [2.45, 2.75) is 51.0 Å². The summed E-state index contributed by atoms with van der Waals surface area (Å²) in [6.07, 6.45) is 4.38. The highest BCUT2D eigenvalue weighted by Crippen LogP contribution is 2.32. The van der Waals surface area contributed by atoms with E-state index in [1.165, 1.54) is 0 Å². The molecule has 1 aromatic rings. The molecule has 2 heterocycles. The first kappa shape index (κ1) is 14.0. The molecular weight excluding hydrogens is 272 g/mol. The number of nitrogens with one attached hydrogen (secondary N) is 1. The molecule has 1 aromatic heterocycles. The lowest BCUT2D eigenvalue weighted by Crippen LogP contribution is -2.55. The van der Waals surface area contributed by atoms with E-state index in [4.69, 9.17) is 4.52 Å². The third-order valence-electron chi connectivity index (χ3n) is 4.32. The molecule has 114 valence electrons. The van der Waals surface area contributed by atoms with Gasteiger partial charge in [0, 0.05) is 32.9 Å². The van der Waals surface area contributed by atoms with E-state index in [2.05, 4.69) is 15.5 Å². The number of aryl methyl sites for hydroxylation is 1. The number of hydrogen-bond acceptors (Lipinski definition) is 5. The number of aromatic nitrogens is 2. The van der Waals surface area contributed by atoms with Crippen LogP contribution in [-0.4, -0.2) is 45.5 Å². The molecule has 7 nitrogen and oxygen atoms in total. The van der Waals surface area contributed by atoms with Crippen molar-refractivity contribution in [3.63, 3.8) is 0 Å². The summed E-state index contributed by atoms with van der Waals surface area (Å²) in [7, 11) is 0. The smallest absolute Gasteiger partial charge is 0.248 e. The zero-order chi connectivity index (χ0) is 14.9. The standard InChI is InChI=1S/C14H20N4O3/c1-10-15-11(17-21-10)4-8-18-9-5-12(19)16-14(13(18)20)6-2-3-7-14/h2-9H2,1H3,(H,16,19). The van der Waals surface area contributed by atoms with E-state index in [9.17, 15) is 9.59 Å². The van der Waals surface area contributed by atoms with Gasteiger partial charge in [-0.1, -0.05) is 18.0 Å². The largest absolute Gasteiger partial charge is 0.342 e. The summed E-state index contributed by atoms with van der Waals surface area (Å²) in [6, 6.07) is 0. The van der Waals surface area contributed by atoms with Crippen LogP contribution in [0.2, 0.25) is 0 Å². The summed E-state index contributed by atoms with van der Waals surface area (Å²) in [4.78, 5) is 30.6. The van der Waals surface area contributed by atoms with Crippen LogP contribution in [0.3, 0.4) is 0 Å². The summed E-state index contributed by atoms with van der Waals surface area (Å²) in [5.74, 6) is 1.15. The SMILES string of the molecule is Cc1nc(CCN2CCC(=O)NC3(CCCC3)C2=O)no1. The van der Waals surface area contributed by atoms with Gasteiger partial charge in [-0.3, -0.25) is 9.59 Å². The second kappa shape index (κ2) is 5.46. The molecule has 21 heavy (non-hydrogen) atoms. The molecule has 2 aliphatic rings. The molecule has 1 saturated heterocycles. The Bertz CT molecular complexity index is 548. The van der Waals surface area contributed by atoms with Crippen LogP contribution >= 0.6 is 0 Å². The number of carbonyl (C=O) groups excluding carboxylic acids is 2. The molecule has 0 radical (unpaired) electrons. The number of hydrogen-bond donors (Lipinski definition) is 1. The molecule has 1 saturated carbocycles. The van der Waals surface area contributed by atoms with Gasteiger partial charge in [-0.25, -0.2) is 0 Å². The highest BCUT2D eigenvalue weighted by molar-refractivity contribution is 5.93. The summed E-state index contributed by atoms with van der Waals surface area (Å²) in [5, 5.41) is 6.80. The Morgan fingerprint density at radius 3 is 2.76 bits per heavy atom. The van der Waals surface area contributed by atoms with E-state index in [1.54, 1.807) is 11.8 Å². The Labute approximate surface area is 123 Å². The molecule has 0 bridgehead atoms. The normalized spacial score (nSPS) is 21.7. The van der Waals surface area contributed by atoms with Crippen LogP contribution in [0.25, 0.3) is 0 Å². The molecule has 0 unspecified atom stereocenters. The van der Waals surface area contributed by atoms with E-state index in [-0.39, 0.29) is 11.8 Å². The Balaban J connectivity index is 1.71. The van der Waals surface area contributed by atoms with Crippen molar-refractivity contribution < 1.29 is 14.1 Å². The first-order chi connectivity index (χ1) is 10.1. The van der Waals surface area contributed by atoms with E-state index in [0.717, 1.165) is 25.7 Å². The summed E-state index contributed by atoms with van der Waals surface area (Å²) < 4.78 is 4.94. The topological polar surface area (TPSA) is 88.3 Å². The third-order valence-corrected chi connectivity index (χ3v) is 4.32. The Morgan fingerprint density at radius 2 is 2.10 bits per heavy atom. The van der Waals surface area contributed by atoms with Gasteiger partial charge < -0.3 is 14.7 Å². The van der Waals surface area contributed by atoms with E-state index < -0.39 is 5.54 Å². The van der Waals surface area contributed by atoms with Gasteiger partial charge in [0.15, 0.2) is 5.82 Å². The summed E-state index contributed by atoms with van der Waals surface area (Å²) >= 11 is 0. The highest BCUT2D eigenvalue weighted by Gasteiger charge is 2.46. The van der Waals surface area contributed by atoms with Crippen molar-refractivity contribution >= 4 is 11.8 Å². The van der Waals surface area contributed by atoms with Gasteiger partial charge >= 0.3 is 0 Å². The minimum atomic E-state index is -0.666. The second-order valence-corrected chi connectivity index (χ2v) is 5.86. The van der Waals surface area contributed by atoms with Crippen molar-refractivity contribution in [2.75, 3.05) is 13.1 Å². The number of carbonyl (C=O) groups is 2. The minimum Gasteiger partial charge on any atom is -0.342 e. The first-order valence-electron chi connectivity index (χ1n) is 7.49. The van der Waals surface area contributed by atoms with Crippen molar-refractivity contribution in [1.29, 1.82) is 0 Å². The van der Waals surface area contributed by atoms with Crippen LogP contribution in [0.5, 0.6) is 0 Å².